The van der Waals surface area contributed by atoms with Crippen LogP contribution in [0.2, 0.25) is 0 Å². The second-order valence-electron chi connectivity index (χ2n) is 7.77. The molecule has 0 aliphatic heterocycles. The maximum Gasteiger partial charge on any atom is 0.264 e. The lowest BCUT2D eigenvalue weighted by Gasteiger charge is -2.19. The van der Waals surface area contributed by atoms with Gasteiger partial charge in [-0.25, -0.2) is 16.8 Å². The van der Waals surface area contributed by atoms with Crippen LogP contribution in [0.1, 0.15) is 22.3 Å². The summed E-state index contributed by atoms with van der Waals surface area (Å²) in [6, 6.07) is 19.8. The Morgan fingerprint density at radius 1 is 0.865 bits per heavy atom. The fraction of sp³-hybridized carbons (Fsp3) is 0.125. The number of aromatic nitrogens is 2. The lowest BCUT2D eigenvalue weighted by molar-refractivity contribution is 0.102. The van der Waals surface area contributed by atoms with Gasteiger partial charge in [-0.05, 0) is 67.1 Å². The smallest absolute Gasteiger partial charge is 0.264 e. The molecule has 37 heavy (non-hydrogen) atoms. The molecule has 192 valence electrons. The zero-order valence-corrected chi connectivity index (χ0v) is 22.3. The third kappa shape index (κ3) is 5.96. The molecule has 2 N–H and O–H groups in total. The molecular weight excluding hydrogens is 534 g/mol. The summed E-state index contributed by atoms with van der Waals surface area (Å²) in [4.78, 5) is 12.7. The highest BCUT2D eigenvalue weighted by molar-refractivity contribution is 7.93. The van der Waals surface area contributed by atoms with Gasteiger partial charge in [0.1, 0.15) is 5.01 Å². The molecule has 0 fully saturated rings. The van der Waals surface area contributed by atoms with E-state index < -0.39 is 26.0 Å². The van der Waals surface area contributed by atoms with Gasteiger partial charge in [-0.1, -0.05) is 36.5 Å². The molecule has 0 aliphatic carbocycles. The number of carbonyl (C=O) groups is 1. The van der Waals surface area contributed by atoms with E-state index in [1.807, 2.05) is 6.92 Å². The Labute approximate surface area is 219 Å². The normalized spacial score (nSPS) is 11.6. The van der Waals surface area contributed by atoms with E-state index in [9.17, 15) is 21.6 Å². The summed E-state index contributed by atoms with van der Waals surface area (Å²) in [6.45, 7) is 1.90. The lowest BCUT2D eigenvalue weighted by atomic mass is 10.2. The first kappa shape index (κ1) is 26.3. The molecule has 0 unspecified atom stereocenters. The van der Waals surface area contributed by atoms with Gasteiger partial charge >= 0.3 is 0 Å². The van der Waals surface area contributed by atoms with Gasteiger partial charge in [-0.3, -0.25) is 13.8 Å². The van der Waals surface area contributed by atoms with Gasteiger partial charge in [0.05, 0.1) is 15.5 Å². The molecule has 4 rings (SSSR count). The average molecular weight is 558 g/mol. The van der Waals surface area contributed by atoms with Gasteiger partial charge in [0.15, 0.2) is 0 Å². The first-order valence-corrected chi connectivity index (χ1v) is 14.7. The topological polar surface area (TPSA) is 138 Å². The average Bonchev–Trinajstić information content (AvgIpc) is 3.36. The monoisotopic (exact) mass is 557 g/mol. The molecule has 0 radical (unpaired) electrons. The van der Waals surface area contributed by atoms with Crippen molar-refractivity contribution in [2.45, 2.75) is 23.1 Å². The van der Waals surface area contributed by atoms with Crippen LogP contribution in [0.4, 0.5) is 16.5 Å². The number of para-hydroxylation sites is 1. The first-order chi connectivity index (χ1) is 17.6. The van der Waals surface area contributed by atoms with Gasteiger partial charge in [-0.2, -0.15) is 0 Å². The van der Waals surface area contributed by atoms with E-state index in [-0.39, 0.29) is 20.5 Å². The first-order valence-electron chi connectivity index (χ1n) is 11.0. The van der Waals surface area contributed by atoms with Crippen LogP contribution in [-0.4, -0.2) is 40.0 Å². The van der Waals surface area contributed by atoms with E-state index in [4.69, 9.17) is 0 Å². The zero-order chi connectivity index (χ0) is 26.6. The molecule has 0 saturated carbocycles. The SMILES string of the molecule is CCc1nnc(NS(=O)(=O)c2ccc(NC(=O)c3ccc(S(=O)(=O)N(C)c4ccccc4)cc3)cc2)s1. The molecule has 1 amide bonds. The predicted molar refractivity (Wildman–Crippen MR) is 143 cm³/mol. The van der Waals surface area contributed by atoms with E-state index in [2.05, 4.69) is 20.2 Å². The maximum absolute atomic E-state index is 12.9. The minimum atomic E-state index is -3.87. The Hall–Kier alpha value is -3.81. The van der Waals surface area contributed by atoms with Gasteiger partial charge in [-0.15, -0.1) is 10.2 Å². The molecule has 3 aromatic carbocycles. The molecule has 0 spiro atoms. The fourth-order valence-electron chi connectivity index (χ4n) is 3.25. The van der Waals surface area contributed by atoms with E-state index >= 15 is 0 Å². The Kier molecular flexibility index (Phi) is 7.57. The van der Waals surface area contributed by atoms with Crippen LogP contribution in [0.25, 0.3) is 0 Å². The molecule has 0 saturated heterocycles. The molecule has 1 heterocycles. The summed E-state index contributed by atoms with van der Waals surface area (Å²) < 4.78 is 54.6. The summed E-state index contributed by atoms with van der Waals surface area (Å²) in [5.41, 5.74) is 1.12. The Bertz CT molecular complexity index is 1600. The van der Waals surface area contributed by atoms with Crippen molar-refractivity contribution in [2.24, 2.45) is 0 Å². The van der Waals surface area contributed by atoms with Crippen LogP contribution >= 0.6 is 11.3 Å². The second-order valence-corrected chi connectivity index (χ2v) is 12.5. The van der Waals surface area contributed by atoms with Crippen LogP contribution in [0, 0.1) is 0 Å². The third-order valence-corrected chi connectivity index (χ3v) is 9.58. The number of hydrogen-bond acceptors (Lipinski definition) is 8. The van der Waals surface area contributed by atoms with Crippen LogP contribution in [-0.2, 0) is 26.5 Å². The molecular formula is C24H23N5O5S3. The number of anilines is 3. The van der Waals surface area contributed by atoms with Crippen LogP contribution in [0.15, 0.2) is 88.7 Å². The molecule has 4 aromatic rings. The Morgan fingerprint density at radius 3 is 2.08 bits per heavy atom. The summed E-state index contributed by atoms with van der Waals surface area (Å²) in [6.07, 6.45) is 0.650. The van der Waals surface area contributed by atoms with E-state index in [1.165, 1.54) is 59.9 Å². The van der Waals surface area contributed by atoms with E-state index in [1.54, 1.807) is 30.3 Å². The van der Waals surface area contributed by atoms with E-state index in [0.29, 0.717) is 22.8 Å². The minimum Gasteiger partial charge on any atom is -0.322 e. The number of aryl methyl sites for hydroxylation is 1. The highest BCUT2D eigenvalue weighted by Crippen LogP contribution is 2.23. The van der Waals surface area contributed by atoms with Gasteiger partial charge in [0, 0.05) is 18.3 Å². The Balaban J connectivity index is 1.42. The molecule has 0 atom stereocenters. The minimum absolute atomic E-state index is 0.00385. The number of amides is 1. The van der Waals surface area contributed by atoms with Crippen molar-refractivity contribution in [3.05, 3.63) is 89.4 Å². The summed E-state index contributed by atoms with van der Waals surface area (Å²) in [7, 11) is -6.21. The molecule has 0 bridgehead atoms. The number of hydrogen-bond donors (Lipinski definition) is 2. The van der Waals surface area contributed by atoms with Crippen LogP contribution < -0.4 is 14.3 Å². The van der Waals surface area contributed by atoms with Gasteiger partial charge in [0.2, 0.25) is 5.13 Å². The van der Waals surface area contributed by atoms with E-state index in [0.717, 1.165) is 11.3 Å². The fourth-order valence-corrected chi connectivity index (χ4v) is 6.35. The van der Waals surface area contributed by atoms with Crippen molar-refractivity contribution in [3.63, 3.8) is 0 Å². The number of nitrogens with zero attached hydrogens (tertiary/aromatic N) is 3. The number of benzene rings is 3. The Morgan fingerprint density at radius 2 is 1.49 bits per heavy atom. The quantitative estimate of drug-likeness (QED) is 0.317. The van der Waals surface area contributed by atoms with Crippen LogP contribution in [0.5, 0.6) is 0 Å². The highest BCUT2D eigenvalue weighted by Gasteiger charge is 2.22. The predicted octanol–water partition coefficient (Wildman–Crippen LogP) is 3.98. The third-order valence-electron chi connectivity index (χ3n) is 5.31. The standard InChI is InChI=1S/C24H23N5O5S3/c1-3-22-26-27-24(35-22)28-36(31,32)20-15-11-18(12-16-20)25-23(30)17-9-13-21(14-10-17)37(33,34)29(2)19-7-5-4-6-8-19/h4-16H,3H2,1-2H3,(H,25,30)(H,27,28). The van der Waals surface area contributed by atoms with Crippen molar-refractivity contribution in [2.75, 3.05) is 21.4 Å². The van der Waals surface area contributed by atoms with Crippen LogP contribution in [0.3, 0.4) is 0 Å². The highest BCUT2D eigenvalue weighted by atomic mass is 32.2. The molecule has 10 nitrogen and oxygen atoms in total. The van der Waals surface area contributed by atoms with Crippen molar-refractivity contribution in [1.29, 1.82) is 0 Å². The lowest BCUT2D eigenvalue weighted by Crippen LogP contribution is -2.26. The van der Waals surface area contributed by atoms with Gasteiger partial charge in [0.25, 0.3) is 26.0 Å². The summed E-state index contributed by atoms with van der Waals surface area (Å²) in [5, 5.41) is 11.3. The van der Waals surface area contributed by atoms with Crippen molar-refractivity contribution >= 4 is 53.8 Å². The van der Waals surface area contributed by atoms with Crippen molar-refractivity contribution in [3.8, 4) is 0 Å². The summed E-state index contributed by atoms with van der Waals surface area (Å²) in [5.74, 6) is -0.477. The van der Waals surface area contributed by atoms with Crippen molar-refractivity contribution in [1.82, 2.24) is 10.2 Å². The number of sulfonamides is 2. The molecule has 0 aliphatic rings. The number of carbonyl (C=O) groups excluding carboxylic acids is 1. The summed E-state index contributed by atoms with van der Waals surface area (Å²) >= 11 is 1.16. The molecule has 13 heteroatoms. The second kappa shape index (κ2) is 10.7. The largest absolute Gasteiger partial charge is 0.322 e. The van der Waals surface area contributed by atoms with Gasteiger partial charge < -0.3 is 5.32 Å². The number of nitrogens with one attached hydrogen (secondary N) is 2. The number of rotatable bonds is 9. The molecule has 1 aromatic heterocycles. The van der Waals surface area contributed by atoms with Crippen molar-refractivity contribution < 1.29 is 21.6 Å². The zero-order valence-electron chi connectivity index (χ0n) is 19.8. The maximum atomic E-state index is 12.9.